The largest absolute Gasteiger partial charge is 0.481 e. The van der Waals surface area contributed by atoms with Crippen molar-refractivity contribution in [2.45, 2.75) is 96.4 Å². The molecule has 0 rings (SSSR count). The number of rotatable bonds is 22. The zero-order chi connectivity index (χ0) is 34.9. The molecule has 0 unspecified atom stereocenters. The molecule has 0 saturated carbocycles. The van der Waals surface area contributed by atoms with Crippen LogP contribution in [-0.2, 0) is 38.4 Å². The predicted molar refractivity (Wildman–Crippen MR) is 158 cm³/mol. The fourth-order valence-electron chi connectivity index (χ4n) is 3.90. The number of aliphatic hydroxyl groups is 1. The van der Waals surface area contributed by atoms with Gasteiger partial charge < -0.3 is 53.4 Å². The summed E-state index contributed by atoms with van der Waals surface area (Å²) in [6, 6.07) is -6.64. The molecule has 0 saturated heterocycles. The molecule has 256 valence electrons. The molecular weight excluding hydrogens is 598 g/mol. The Morgan fingerprint density at radius 2 is 1.29 bits per heavy atom. The summed E-state index contributed by atoms with van der Waals surface area (Å²) < 4.78 is 0. The Balaban J connectivity index is 5.67. The first-order chi connectivity index (χ1) is 20.9. The van der Waals surface area contributed by atoms with Crippen molar-refractivity contribution in [3.8, 4) is 0 Å². The van der Waals surface area contributed by atoms with Gasteiger partial charge in [0.2, 0.25) is 35.4 Å². The highest BCUT2D eigenvalue weighted by molar-refractivity contribution is 5.95. The summed E-state index contributed by atoms with van der Waals surface area (Å²) in [4.78, 5) is 97.6. The highest BCUT2D eigenvalue weighted by atomic mass is 16.4. The van der Waals surface area contributed by atoms with Gasteiger partial charge in [-0.05, 0) is 31.1 Å². The van der Waals surface area contributed by atoms with Gasteiger partial charge in [-0.3, -0.25) is 33.6 Å². The molecule has 0 fully saturated rings. The van der Waals surface area contributed by atoms with E-state index < -0.39 is 110 Å². The monoisotopic (exact) mass is 645 g/mol. The van der Waals surface area contributed by atoms with E-state index in [4.69, 9.17) is 21.7 Å². The third kappa shape index (κ3) is 16.4. The number of aliphatic carboxylic acids is 2. The molecular formula is C27H47N7O11. The molecule has 18 heteroatoms. The van der Waals surface area contributed by atoms with Crippen LogP contribution in [0.25, 0.3) is 0 Å². The standard InChI is InChI=1S/C27H47N7O11/c1-5-14(4)22(34-20(37)11-30-24(41)18(10-13(2)3)33-23(40)15(28)12-35)26(43)31-16(7-9-21(38)39)25(42)32-17(27(44)45)6-8-19(29)36/h13-18,22,35H,5-12,28H2,1-4H3,(H2,29,36)(H,30,41)(H,31,43)(H,32,42)(H,33,40)(H,34,37)(H,38,39)(H,44,45)/t14-,15-,16-,17-,18-,22-/m0/s1. The van der Waals surface area contributed by atoms with Gasteiger partial charge >= 0.3 is 11.9 Å². The number of carbonyl (C=O) groups is 8. The van der Waals surface area contributed by atoms with Crippen LogP contribution in [0.15, 0.2) is 0 Å². The van der Waals surface area contributed by atoms with E-state index in [1.807, 2.05) is 0 Å². The first kappa shape index (κ1) is 40.7. The molecule has 0 aromatic carbocycles. The van der Waals surface area contributed by atoms with Crippen LogP contribution in [0.1, 0.15) is 66.2 Å². The fourth-order valence-corrected chi connectivity index (χ4v) is 3.90. The molecule has 0 aliphatic carbocycles. The Bertz CT molecular complexity index is 1070. The van der Waals surface area contributed by atoms with Crippen LogP contribution in [0.5, 0.6) is 0 Å². The van der Waals surface area contributed by atoms with Crippen molar-refractivity contribution in [1.82, 2.24) is 26.6 Å². The summed E-state index contributed by atoms with van der Waals surface area (Å²) in [7, 11) is 0. The number of carboxylic acids is 2. The van der Waals surface area contributed by atoms with Gasteiger partial charge in [-0.15, -0.1) is 0 Å². The fraction of sp³-hybridized carbons (Fsp3) is 0.704. The average molecular weight is 646 g/mol. The smallest absolute Gasteiger partial charge is 0.326 e. The normalized spacial score (nSPS) is 14.9. The number of hydrogen-bond donors (Lipinski definition) is 10. The molecule has 0 aliphatic rings. The number of carboxylic acid groups (broad SMARTS) is 2. The Kier molecular flexibility index (Phi) is 18.6. The number of amides is 6. The topological polar surface area (TPSA) is 309 Å². The van der Waals surface area contributed by atoms with Gasteiger partial charge in [-0.25, -0.2) is 4.79 Å². The number of hydrogen-bond acceptors (Lipinski definition) is 10. The summed E-state index contributed by atoms with van der Waals surface area (Å²) in [5.74, 6) is -8.30. The van der Waals surface area contributed by atoms with Crippen LogP contribution in [0.2, 0.25) is 0 Å². The second-order valence-electron chi connectivity index (χ2n) is 11.0. The highest BCUT2D eigenvalue weighted by Crippen LogP contribution is 2.10. The number of primary amides is 1. The van der Waals surface area contributed by atoms with E-state index in [0.29, 0.717) is 6.42 Å². The lowest BCUT2D eigenvalue weighted by Crippen LogP contribution is -2.58. The molecule has 6 amide bonds. The molecule has 0 aromatic rings. The van der Waals surface area contributed by atoms with Gasteiger partial charge in [-0.2, -0.15) is 0 Å². The molecule has 6 atom stereocenters. The van der Waals surface area contributed by atoms with E-state index >= 15 is 0 Å². The third-order valence-electron chi connectivity index (χ3n) is 6.68. The second-order valence-corrected chi connectivity index (χ2v) is 11.0. The van der Waals surface area contributed by atoms with E-state index in [0.717, 1.165) is 0 Å². The van der Waals surface area contributed by atoms with E-state index in [2.05, 4.69) is 26.6 Å². The number of carbonyl (C=O) groups excluding carboxylic acids is 6. The second kappa shape index (κ2) is 20.6. The lowest BCUT2D eigenvalue weighted by molar-refractivity contribution is -0.143. The van der Waals surface area contributed by atoms with Gasteiger partial charge in [-0.1, -0.05) is 34.1 Å². The lowest BCUT2D eigenvalue weighted by Gasteiger charge is -2.27. The SMILES string of the molecule is CC[C@H](C)[C@H](NC(=O)CNC(=O)[C@H](CC(C)C)NC(=O)[C@@H](N)CO)C(=O)N[C@@H](CCC(=O)O)C(=O)N[C@@H](CCC(N)=O)C(=O)O. The van der Waals surface area contributed by atoms with Crippen LogP contribution < -0.4 is 38.1 Å². The average Bonchev–Trinajstić information content (AvgIpc) is 2.96. The highest BCUT2D eigenvalue weighted by Gasteiger charge is 2.32. The molecule has 0 bridgehead atoms. The Morgan fingerprint density at radius 1 is 0.733 bits per heavy atom. The molecule has 0 spiro atoms. The number of nitrogens with one attached hydrogen (secondary N) is 5. The first-order valence-electron chi connectivity index (χ1n) is 14.5. The molecule has 0 radical (unpaired) electrons. The zero-order valence-corrected chi connectivity index (χ0v) is 26.0. The predicted octanol–water partition coefficient (Wildman–Crippen LogP) is -3.33. The van der Waals surface area contributed by atoms with E-state index in [1.54, 1.807) is 27.7 Å². The maximum absolute atomic E-state index is 13.3. The van der Waals surface area contributed by atoms with Crippen LogP contribution in [0.3, 0.4) is 0 Å². The molecule has 18 nitrogen and oxygen atoms in total. The maximum Gasteiger partial charge on any atom is 0.326 e. The van der Waals surface area contributed by atoms with Crippen LogP contribution in [0.4, 0.5) is 0 Å². The summed E-state index contributed by atoms with van der Waals surface area (Å²) in [6.07, 6.45) is -1.12. The first-order valence-corrected chi connectivity index (χ1v) is 14.5. The van der Waals surface area contributed by atoms with Gasteiger partial charge in [0.05, 0.1) is 13.2 Å². The van der Waals surface area contributed by atoms with Crippen molar-refractivity contribution in [3.05, 3.63) is 0 Å². The Labute approximate surface area is 260 Å². The van der Waals surface area contributed by atoms with Crippen molar-refractivity contribution in [3.63, 3.8) is 0 Å². The summed E-state index contributed by atoms with van der Waals surface area (Å²) in [5.41, 5.74) is 10.5. The van der Waals surface area contributed by atoms with E-state index in [-0.39, 0.29) is 25.2 Å². The van der Waals surface area contributed by atoms with E-state index in [1.165, 1.54) is 0 Å². The van der Waals surface area contributed by atoms with Crippen molar-refractivity contribution < 1.29 is 53.7 Å². The van der Waals surface area contributed by atoms with Crippen LogP contribution >= 0.6 is 0 Å². The van der Waals surface area contributed by atoms with Crippen molar-refractivity contribution >= 4 is 47.4 Å². The number of nitrogens with two attached hydrogens (primary N) is 2. The van der Waals surface area contributed by atoms with Crippen LogP contribution in [0, 0.1) is 11.8 Å². The van der Waals surface area contributed by atoms with Gasteiger partial charge in [0.1, 0.15) is 30.2 Å². The molecule has 12 N–H and O–H groups in total. The number of aliphatic hydroxyl groups excluding tert-OH is 1. The zero-order valence-electron chi connectivity index (χ0n) is 26.0. The third-order valence-corrected chi connectivity index (χ3v) is 6.68. The van der Waals surface area contributed by atoms with Crippen molar-refractivity contribution in [1.29, 1.82) is 0 Å². The van der Waals surface area contributed by atoms with Gasteiger partial charge in [0.25, 0.3) is 0 Å². The Hall–Kier alpha value is -4.32. The van der Waals surface area contributed by atoms with Crippen LogP contribution in [-0.4, -0.2) is 106 Å². The van der Waals surface area contributed by atoms with E-state index in [9.17, 15) is 43.5 Å². The molecule has 0 aliphatic heterocycles. The molecule has 0 heterocycles. The van der Waals surface area contributed by atoms with Gasteiger partial charge in [0, 0.05) is 12.8 Å². The van der Waals surface area contributed by atoms with Gasteiger partial charge in [0.15, 0.2) is 0 Å². The van der Waals surface area contributed by atoms with Crippen molar-refractivity contribution in [2.75, 3.05) is 13.2 Å². The maximum atomic E-state index is 13.3. The lowest BCUT2D eigenvalue weighted by atomic mass is 9.97. The minimum Gasteiger partial charge on any atom is -0.481 e. The summed E-state index contributed by atoms with van der Waals surface area (Å²) in [5, 5.41) is 39.4. The Morgan fingerprint density at radius 3 is 1.78 bits per heavy atom. The summed E-state index contributed by atoms with van der Waals surface area (Å²) >= 11 is 0. The molecule has 0 aromatic heterocycles. The molecule has 45 heavy (non-hydrogen) atoms. The summed E-state index contributed by atoms with van der Waals surface area (Å²) in [6.45, 7) is 5.70. The minimum absolute atomic E-state index is 0.0427. The minimum atomic E-state index is -1.55. The van der Waals surface area contributed by atoms with Crippen molar-refractivity contribution in [2.24, 2.45) is 23.3 Å². The quantitative estimate of drug-likeness (QED) is 0.0553.